The quantitative estimate of drug-likeness (QED) is 0.0205. The van der Waals surface area contributed by atoms with Crippen molar-refractivity contribution in [3.63, 3.8) is 0 Å². The minimum Gasteiger partial charge on any atom is -0.394 e. The zero-order valence-electron chi connectivity index (χ0n) is 45.6. The summed E-state index contributed by atoms with van der Waals surface area (Å²) < 4.78 is 22.8. The molecule has 0 saturated carbocycles. The van der Waals surface area contributed by atoms with Crippen LogP contribution in [0.3, 0.4) is 0 Å². The van der Waals surface area contributed by atoms with Gasteiger partial charge in [-0.1, -0.05) is 217 Å². The van der Waals surface area contributed by atoms with E-state index >= 15 is 0 Å². The van der Waals surface area contributed by atoms with Gasteiger partial charge in [0.25, 0.3) is 0 Å². The maximum Gasteiger partial charge on any atom is 0.220 e. The number of aliphatic hydroxyl groups excluding tert-OH is 8. The molecule has 2 saturated heterocycles. The van der Waals surface area contributed by atoms with Gasteiger partial charge in [-0.3, -0.25) is 4.79 Å². The first-order valence-electron chi connectivity index (χ1n) is 29.4. The van der Waals surface area contributed by atoms with Crippen LogP contribution in [0.25, 0.3) is 0 Å². The molecule has 2 fully saturated rings. The van der Waals surface area contributed by atoms with Crippen LogP contribution < -0.4 is 5.32 Å². The van der Waals surface area contributed by atoms with Crippen LogP contribution in [0.4, 0.5) is 0 Å². The summed E-state index contributed by atoms with van der Waals surface area (Å²) in [7, 11) is 0. The smallest absolute Gasteiger partial charge is 0.220 e. The second kappa shape index (κ2) is 45.0. The van der Waals surface area contributed by atoms with Crippen molar-refractivity contribution in [1.82, 2.24) is 5.32 Å². The Morgan fingerprint density at radius 2 is 0.945 bits per heavy atom. The van der Waals surface area contributed by atoms with Crippen molar-refractivity contribution >= 4 is 5.91 Å². The average molecular weight is 1040 g/mol. The molecule has 426 valence electrons. The van der Waals surface area contributed by atoms with Crippen LogP contribution in [-0.2, 0) is 23.7 Å². The molecule has 14 nitrogen and oxygen atoms in total. The lowest BCUT2D eigenvalue weighted by Crippen LogP contribution is -2.65. The largest absolute Gasteiger partial charge is 0.394 e. The van der Waals surface area contributed by atoms with Gasteiger partial charge in [0.1, 0.15) is 48.8 Å². The molecule has 0 aromatic carbocycles. The summed E-state index contributed by atoms with van der Waals surface area (Å²) in [5.74, 6) is -0.221. The predicted octanol–water partition coefficient (Wildman–Crippen LogP) is 9.61. The zero-order valence-corrected chi connectivity index (χ0v) is 45.6. The Bertz CT molecular complexity index is 1410. The number of hydrogen-bond acceptors (Lipinski definition) is 13. The van der Waals surface area contributed by atoms with Gasteiger partial charge in [0.2, 0.25) is 5.91 Å². The lowest BCUT2D eigenvalue weighted by molar-refractivity contribution is -0.359. The molecule has 2 aliphatic heterocycles. The highest BCUT2D eigenvalue weighted by Crippen LogP contribution is 2.30. The molecule has 14 heteroatoms. The minimum absolute atomic E-state index is 0.221. The summed E-state index contributed by atoms with van der Waals surface area (Å²) in [5, 5.41) is 87.2. The number of unbranched alkanes of at least 4 members (excludes halogenated alkanes) is 25. The third-order valence-electron chi connectivity index (χ3n) is 14.3. The summed E-state index contributed by atoms with van der Waals surface area (Å²) in [6.45, 7) is 2.75. The first-order chi connectivity index (χ1) is 35.6. The van der Waals surface area contributed by atoms with Crippen molar-refractivity contribution in [2.75, 3.05) is 19.8 Å². The van der Waals surface area contributed by atoms with Crippen LogP contribution in [-0.4, -0.2) is 140 Å². The van der Waals surface area contributed by atoms with Gasteiger partial charge in [-0.15, -0.1) is 0 Å². The van der Waals surface area contributed by atoms with Crippen molar-refractivity contribution in [3.05, 3.63) is 48.6 Å². The normalized spacial score (nSPS) is 25.7. The van der Waals surface area contributed by atoms with Gasteiger partial charge in [0, 0.05) is 6.42 Å². The predicted molar refractivity (Wildman–Crippen MR) is 291 cm³/mol. The average Bonchev–Trinajstić information content (AvgIpc) is 3.39. The summed E-state index contributed by atoms with van der Waals surface area (Å²) >= 11 is 0. The van der Waals surface area contributed by atoms with Crippen LogP contribution in [0.15, 0.2) is 48.6 Å². The fourth-order valence-corrected chi connectivity index (χ4v) is 9.58. The summed E-state index contributed by atoms with van der Waals surface area (Å²) in [5.41, 5.74) is 0. The highest BCUT2D eigenvalue weighted by molar-refractivity contribution is 5.76. The molecule has 0 spiro atoms. The van der Waals surface area contributed by atoms with Gasteiger partial charge in [0.05, 0.1) is 32.0 Å². The van der Waals surface area contributed by atoms with Gasteiger partial charge in [-0.05, 0) is 51.4 Å². The Hall–Kier alpha value is -2.05. The molecule has 2 rings (SSSR count). The Morgan fingerprint density at radius 3 is 1.45 bits per heavy atom. The van der Waals surface area contributed by atoms with Gasteiger partial charge in [-0.25, -0.2) is 0 Å². The maximum atomic E-state index is 13.3. The molecule has 9 N–H and O–H groups in total. The highest BCUT2D eigenvalue weighted by Gasteiger charge is 2.51. The van der Waals surface area contributed by atoms with Crippen LogP contribution >= 0.6 is 0 Å². The second-order valence-electron chi connectivity index (χ2n) is 20.7. The topological polar surface area (TPSA) is 228 Å². The molecule has 0 aliphatic carbocycles. The number of carbonyl (C=O) groups excluding carboxylic acids is 1. The lowest BCUT2D eigenvalue weighted by Gasteiger charge is -2.46. The van der Waals surface area contributed by atoms with E-state index in [1.165, 1.54) is 103 Å². The molecule has 1 amide bonds. The first-order valence-corrected chi connectivity index (χ1v) is 29.4. The number of rotatable bonds is 46. The van der Waals surface area contributed by atoms with Crippen LogP contribution in [0, 0.1) is 0 Å². The second-order valence-corrected chi connectivity index (χ2v) is 20.7. The third-order valence-corrected chi connectivity index (χ3v) is 14.3. The SMILES string of the molecule is CC/C=C\C/C=C\C/C=C\C/C=C\CCCCCCCCC(=O)NC(COC1OC(CO)C(OC2OC(CO)C(O)C(O)C2O)C(O)C1O)C(O)CCCCCCCCCCCCCCCCCCCCCC. The standard InChI is InChI=1S/C59H107NO13/c1-3-5-7-9-11-13-15-17-19-21-23-25-26-28-30-32-34-36-38-40-42-48(63)47(60-51(64)43-41-39-37-35-33-31-29-27-24-22-20-18-16-14-12-10-8-6-4-2)46-70-58-56(69)54(67)57(50(45-62)72-58)73-59-55(68)53(66)52(65)49(44-61)71-59/h6,8,12,14,18,20,24,27,47-50,52-59,61-63,65-69H,3-5,7,9-11,13,15-17,19,21-23,25-26,28-46H2,1-2H3,(H,60,64)/b8-6-,14-12-,20-18-,27-24-. The molecular weight excluding hydrogens is 931 g/mol. The van der Waals surface area contributed by atoms with E-state index in [1.807, 2.05) is 0 Å². The molecule has 2 heterocycles. The van der Waals surface area contributed by atoms with Crippen molar-refractivity contribution in [2.45, 2.75) is 299 Å². The molecule has 0 radical (unpaired) electrons. The molecule has 73 heavy (non-hydrogen) atoms. The first kappa shape index (κ1) is 67.1. The fourth-order valence-electron chi connectivity index (χ4n) is 9.58. The Balaban J connectivity index is 1.77. The monoisotopic (exact) mass is 1040 g/mol. The number of carbonyl (C=O) groups is 1. The van der Waals surface area contributed by atoms with E-state index in [1.54, 1.807) is 0 Å². The summed E-state index contributed by atoms with van der Waals surface area (Å²) in [6, 6.07) is -0.838. The van der Waals surface area contributed by atoms with Gasteiger partial charge in [0.15, 0.2) is 12.6 Å². The molecule has 0 aromatic heterocycles. The Kier molecular flexibility index (Phi) is 41.4. The molecule has 0 aromatic rings. The lowest BCUT2D eigenvalue weighted by atomic mass is 9.97. The van der Waals surface area contributed by atoms with Gasteiger partial charge >= 0.3 is 0 Å². The number of nitrogens with one attached hydrogen (secondary N) is 1. The number of aliphatic hydroxyl groups is 8. The van der Waals surface area contributed by atoms with Gasteiger partial charge < -0.3 is 65.1 Å². The maximum absolute atomic E-state index is 13.3. The Morgan fingerprint density at radius 1 is 0.507 bits per heavy atom. The van der Waals surface area contributed by atoms with E-state index in [0.29, 0.717) is 12.8 Å². The van der Waals surface area contributed by atoms with E-state index in [0.717, 1.165) is 89.9 Å². The number of ether oxygens (including phenoxy) is 4. The van der Waals surface area contributed by atoms with Crippen LogP contribution in [0.1, 0.15) is 226 Å². The molecule has 0 bridgehead atoms. The molecule has 2 aliphatic rings. The van der Waals surface area contributed by atoms with Crippen molar-refractivity contribution < 1.29 is 64.6 Å². The number of allylic oxidation sites excluding steroid dienone is 8. The van der Waals surface area contributed by atoms with Crippen molar-refractivity contribution in [2.24, 2.45) is 0 Å². The van der Waals surface area contributed by atoms with E-state index in [-0.39, 0.29) is 18.9 Å². The van der Waals surface area contributed by atoms with Crippen molar-refractivity contribution in [3.8, 4) is 0 Å². The number of hydrogen-bond donors (Lipinski definition) is 9. The van der Waals surface area contributed by atoms with E-state index in [4.69, 9.17) is 18.9 Å². The van der Waals surface area contributed by atoms with Crippen molar-refractivity contribution in [1.29, 1.82) is 0 Å². The van der Waals surface area contributed by atoms with E-state index in [9.17, 15) is 45.6 Å². The summed E-state index contributed by atoms with van der Waals surface area (Å²) in [4.78, 5) is 13.3. The number of amides is 1. The van der Waals surface area contributed by atoms with E-state index < -0.39 is 86.8 Å². The minimum atomic E-state index is -1.79. The third kappa shape index (κ3) is 31.1. The molecule has 12 atom stereocenters. The Labute approximate surface area is 442 Å². The van der Waals surface area contributed by atoms with Crippen LogP contribution in [0.5, 0.6) is 0 Å². The summed E-state index contributed by atoms with van der Waals surface area (Å²) in [6.07, 6.45) is 38.1. The fraction of sp³-hybridized carbons (Fsp3) is 0.847. The highest BCUT2D eigenvalue weighted by atomic mass is 16.7. The van der Waals surface area contributed by atoms with Gasteiger partial charge in [-0.2, -0.15) is 0 Å². The zero-order chi connectivity index (χ0) is 53.2. The molecular formula is C59H107NO13. The molecule has 12 unspecified atom stereocenters. The van der Waals surface area contributed by atoms with Crippen LogP contribution in [0.2, 0.25) is 0 Å². The van der Waals surface area contributed by atoms with E-state index in [2.05, 4.69) is 67.8 Å².